The van der Waals surface area contributed by atoms with Gasteiger partial charge in [-0.2, -0.15) is 10.2 Å². The number of benzene rings is 2. The Kier molecular flexibility index (Phi) is 8.81. The molecule has 10 heteroatoms. The molecule has 0 saturated carbocycles. The summed E-state index contributed by atoms with van der Waals surface area (Å²) in [5.41, 5.74) is 5.91. The summed E-state index contributed by atoms with van der Waals surface area (Å²) in [5.74, 6) is 0.0356. The van der Waals surface area contributed by atoms with Crippen LogP contribution in [-0.4, -0.2) is 38.5 Å². The highest BCUT2D eigenvalue weighted by molar-refractivity contribution is 9.10. The van der Waals surface area contributed by atoms with Crippen LogP contribution in [0.15, 0.2) is 55.5 Å². The van der Waals surface area contributed by atoms with Crippen LogP contribution in [0.2, 0.25) is 0 Å². The molecule has 0 aromatic heterocycles. The Labute approximate surface area is 184 Å². The quantitative estimate of drug-likeness (QED) is 0.314. The number of amides is 2. The summed E-state index contributed by atoms with van der Waals surface area (Å²) >= 11 is 6.70. The monoisotopic (exact) mass is 524 g/mol. The Bertz CT molecular complexity index is 872. The lowest BCUT2D eigenvalue weighted by Crippen LogP contribution is -2.27. The molecule has 2 rings (SSSR count). The number of hydrazone groups is 2. The average Bonchev–Trinajstić information content (AvgIpc) is 2.68. The standard InChI is InChI=1S/C19H18Br2N4O4/c1-28-16-5-3-14(20)7-12(16)10-22-24-18(26)9-19(27)25-23-11-13-8-15(21)4-6-17(13)29-2/h3-8,10-11H,9H2,1-2H3,(H,24,26)(H,25,27)/b22-10-,23-11-. The van der Waals surface area contributed by atoms with Gasteiger partial charge in [0.2, 0.25) is 11.8 Å². The average molecular weight is 526 g/mol. The first kappa shape index (κ1) is 22.6. The van der Waals surface area contributed by atoms with E-state index in [0.717, 1.165) is 8.95 Å². The van der Waals surface area contributed by atoms with E-state index in [1.807, 2.05) is 12.1 Å². The van der Waals surface area contributed by atoms with Crippen molar-refractivity contribution in [3.05, 3.63) is 56.5 Å². The molecule has 0 fully saturated rings. The van der Waals surface area contributed by atoms with Crippen molar-refractivity contribution in [1.29, 1.82) is 0 Å². The van der Waals surface area contributed by atoms with Gasteiger partial charge in [-0.15, -0.1) is 0 Å². The molecule has 0 saturated heterocycles. The second-order valence-electron chi connectivity index (χ2n) is 5.54. The van der Waals surface area contributed by atoms with E-state index in [1.165, 1.54) is 26.6 Å². The number of methoxy groups -OCH3 is 2. The molecule has 2 aromatic carbocycles. The van der Waals surface area contributed by atoms with Crippen molar-refractivity contribution >= 4 is 56.1 Å². The number of carbonyl (C=O) groups is 2. The van der Waals surface area contributed by atoms with Gasteiger partial charge >= 0.3 is 0 Å². The van der Waals surface area contributed by atoms with E-state index in [0.29, 0.717) is 22.6 Å². The van der Waals surface area contributed by atoms with Crippen LogP contribution in [0.1, 0.15) is 17.5 Å². The normalized spacial score (nSPS) is 10.9. The summed E-state index contributed by atoms with van der Waals surface area (Å²) in [5, 5.41) is 7.68. The van der Waals surface area contributed by atoms with Crippen LogP contribution in [0.25, 0.3) is 0 Å². The SMILES string of the molecule is COc1ccc(Br)cc1/C=N\NC(=O)CC(=O)N/N=C\c1cc(Br)ccc1OC. The maximum atomic E-state index is 11.8. The Balaban J connectivity index is 1.86. The first-order chi connectivity index (χ1) is 13.9. The minimum absolute atomic E-state index is 0.431. The fourth-order valence-corrected chi connectivity index (χ4v) is 2.94. The lowest BCUT2D eigenvalue weighted by Gasteiger charge is -2.05. The van der Waals surface area contributed by atoms with Gasteiger partial charge in [0, 0.05) is 20.1 Å². The second-order valence-corrected chi connectivity index (χ2v) is 7.37. The minimum Gasteiger partial charge on any atom is -0.496 e. The van der Waals surface area contributed by atoms with E-state index in [2.05, 4.69) is 52.9 Å². The van der Waals surface area contributed by atoms with E-state index in [1.54, 1.807) is 24.3 Å². The molecule has 0 unspecified atom stereocenters. The summed E-state index contributed by atoms with van der Waals surface area (Å²) < 4.78 is 12.1. The number of nitrogens with zero attached hydrogens (tertiary/aromatic N) is 2. The number of nitrogens with one attached hydrogen (secondary N) is 2. The number of hydrogen-bond donors (Lipinski definition) is 2. The van der Waals surface area contributed by atoms with Gasteiger partial charge in [-0.3, -0.25) is 9.59 Å². The number of carbonyl (C=O) groups excluding carboxylic acids is 2. The van der Waals surface area contributed by atoms with Crippen LogP contribution in [-0.2, 0) is 9.59 Å². The minimum atomic E-state index is -0.581. The van der Waals surface area contributed by atoms with Gasteiger partial charge in [-0.05, 0) is 36.4 Å². The van der Waals surface area contributed by atoms with Gasteiger partial charge in [0.15, 0.2) is 0 Å². The molecule has 2 N–H and O–H groups in total. The van der Waals surface area contributed by atoms with Crippen molar-refractivity contribution in [3.63, 3.8) is 0 Å². The highest BCUT2D eigenvalue weighted by Crippen LogP contribution is 2.22. The van der Waals surface area contributed by atoms with Gasteiger partial charge in [0.1, 0.15) is 17.9 Å². The molecule has 0 aliphatic heterocycles. The molecule has 0 bridgehead atoms. The van der Waals surface area contributed by atoms with Gasteiger partial charge in [-0.1, -0.05) is 31.9 Å². The van der Waals surface area contributed by atoms with Gasteiger partial charge < -0.3 is 9.47 Å². The third kappa shape index (κ3) is 7.31. The van der Waals surface area contributed by atoms with Gasteiger partial charge in [0.25, 0.3) is 0 Å². The van der Waals surface area contributed by atoms with Crippen LogP contribution in [0.4, 0.5) is 0 Å². The number of rotatable bonds is 8. The Morgan fingerprint density at radius 2 is 1.28 bits per heavy atom. The van der Waals surface area contributed by atoms with Crippen LogP contribution in [0.5, 0.6) is 11.5 Å². The molecule has 0 spiro atoms. The molecule has 0 atom stereocenters. The Morgan fingerprint density at radius 1 is 0.862 bits per heavy atom. The third-order valence-corrected chi connectivity index (χ3v) is 4.48. The van der Waals surface area contributed by atoms with Crippen molar-refractivity contribution in [3.8, 4) is 11.5 Å². The van der Waals surface area contributed by atoms with Crippen LogP contribution < -0.4 is 20.3 Å². The zero-order valence-electron chi connectivity index (χ0n) is 15.6. The number of halogens is 2. The second kappa shape index (κ2) is 11.3. The maximum Gasteiger partial charge on any atom is 0.249 e. The lowest BCUT2D eigenvalue weighted by molar-refractivity contribution is -0.129. The van der Waals surface area contributed by atoms with Crippen LogP contribution >= 0.6 is 31.9 Å². The molecule has 152 valence electrons. The highest BCUT2D eigenvalue weighted by atomic mass is 79.9. The fourth-order valence-electron chi connectivity index (χ4n) is 2.18. The summed E-state index contributed by atoms with van der Waals surface area (Å²) in [7, 11) is 3.07. The molecule has 29 heavy (non-hydrogen) atoms. The molecular weight excluding hydrogens is 508 g/mol. The summed E-state index contributed by atoms with van der Waals surface area (Å²) in [4.78, 5) is 23.7. The predicted octanol–water partition coefficient (Wildman–Crippen LogP) is 3.22. The fraction of sp³-hybridized carbons (Fsp3) is 0.158. The zero-order valence-corrected chi connectivity index (χ0v) is 18.8. The Hall–Kier alpha value is -2.72. The van der Waals surface area contributed by atoms with Crippen molar-refractivity contribution < 1.29 is 19.1 Å². The van der Waals surface area contributed by atoms with E-state index < -0.39 is 18.2 Å². The van der Waals surface area contributed by atoms with Crippen molar-refractivity contribution in [2.75, 3.05) is 14.2 Å². The topological polar surface area (TPSA) is 101 Å². The largest absolute Gasteiger partial charge is 0.496 e. The first-order valence-electron chi connectivity index (χ1n) is 8.24. The summed E-state index contributed by atoms with van der Waals surface area (Å²) in [6, 6.07) is 10.7. The van der Waals surface area contributed by atoms with Crippen molar-refractivity contribution in [2.45, 2.75) is 6.42 Å². The molecule has 0 aliphatic rings. The van der Waals surface area contributed by atoms with Gasteiger partial charge in [-0.25, -0.2) is 10.9 Å². The molecule has 0 radical (unpaired) electrons. The third-order valence-electron chi connectivity index (χ3n) is 3.49. The zero-order chi connectivity index (χ0) is 21.2. The van der Waals surface area contributed by atoms with Crippen LogP contribution in [0.3, 0.4) is 0 Å². The Morgan fingerprint density at radius 3 is 1.66 bits per heavy atom. The van der Waals surface area contributed by atoms with E-state index in [-0.39, 0.29) is 0 Å². The van der Waals surface area contributed by atoms with Crippen molar-refractivity contribution in [1.82, 2.24) is 10.9 Å². The van der Waals surface area contributed by atoms with Crippen LogP contribution in [0, 0.1) is 0 Å². The predicted molar refractivity (Wildman–Crippen MR) is 117 cm³/mol. The molecule has 8 nitrogen and oxygen atoms in total. The lowest BCUT2D eigenvalue weighted by atomic mass is 10.2. The number of hydrogen-bond acceptors (Lipinski definition) is 6. The molecule has 2 amide bonds. The van der Waals surface area contributed by atoms with Gasteiger partial charge in [0.05, 0.1) is 26.6 Å². The summed E-state index contributed by atoms with van der Waals surface area (Å²) in [6.45, 7) is 0. The molecule has 0 aliphatic carbocycles. The van der Waals surface area contributed by atoms with Crippen molar-refractivity contribution in [2.24, 2.45) is 10.2 Å². The maximum absolute atomic E-state index is 11.8. The highest BCUT2D eigenvalue weighted by Gasteiger charge is 2.08. The van der Waals surface area contributed by atoms with E-state index >= 15 is 0 Å². The first-order valence-corrected chi connectivity index (χ1v) is 9.82. The smallest absolute Gasteiger partial charge is 0.249 e. The molecule has 0 heterocycles. The molecule has 2 aromatic rings. The summed E-state index contributed by atoms with van der Waals surface area (Å²) in [6.07, 6.45) is 2.42. The number of ether oxygens (including phenoxy) is 2. The van der Waals surface area contributed by atoms with E-state index in [4.69, 9.17) is 9.47 Å². The van der Waals surface area contributed by atoms with E-state index in [9.17, 15) is 9.59 Å². The molecular formula is C19H18Br2N4O4.